The molecule has 0 saturated carbocycles. The van der Waals surface area contributed by atoms with E-state index in [1.165, 1.54) is 11.3 Å². The van der Waals surface area contributed by atoms with Gasteiger partial charge in [0.2, 0.25) is 11.8 Å². The van der Waals surface area contributed by atoms with E-state index in [0.717, 1.165) is 21.8 Å². The lowest BCUT2D eigenvalue weighted by Gasteiger charge is -2.26. The lowest BCUT2D eigenvalue weighted by atomic mass is 9.88. The maximum atomic E-state index is 12.9. The minimum atomic E-state index is -1.22. The minimum Gasteiger partial charge on any atom is -0.497 e. The minimum absolute atomic E-state index is 0.0814. The van der Waals surface area contributed by atoms with E-state index >= 15 is 0 Å². The molecule has 0 fully saturated rings. The number of aliphatic hydroxyl groups excluding tert-OH is 1. The molecule has 0 aliphatic rings. The average Bonchev–Trinajstić information content (AvgIpc) is 3.23. The Hall–Kier alpha value is -2.49. The second kappa shape index (κ2) is 12.3. The Morgan fingerprint density at radius 3 is 2.50 bits per heavy atom. The number of aliphatic hydroxyl groups is 1. The standard InChI is InChI=1S/C25H37N3O5S/c1-8-9-19(27-23(31)21(29)25(4,5)6)22(30)28-24-26-13-20(34-24)18-11-10-17(32-7)12-16(18)14-33-15(2)3/h10-13,15,19,21,29H,8-9,14H2,1-7H3,(H,27,31)(H,26,28,30)/t19-,21+/m0/s1. The first-order chi connectivity index (χ1) is 16.0. The number of ether oxygens (including phenoxy) is 2. The third-order valence-electron chi connectivity index (χ3n) is 5.16. The van der Waals surface area contributed by atoms with Crippen LogP contribution in [0.2, 0.25) is 0 Å². The molecule has 0 bridgehead atoms. The van der Waals surface area contributed by atoms with Gasteiger partial charge in [-0.2, -0.15) is 0 Å². The number of anilines is 1. The molecule has 0 saturated heterocycles. The van der Waals surface area contributed by atoms with Crippen LogP contribution in [0.5, 0.6) is 5.75 Å². The third-order valence-corrected chi connectivity index (χ3v) is 6.11. The summed E-state index contributed by atoms with van der Waals surface area (Å²) >= 11 is 1.34. The zero-order chi connectivity index (χ0) is 25.5. The second-order valence-electron chi connectivity index (χ2n) is 9.52. The normalized spacial score (nSPS) is 13.4. The Morgan fingerprint density at radius 1 is 1.21 bits per heavy atom. The number of thiazole rings is 1. The van der Waals surface area contributed by atoms with E-state index in [2.05, 4.69) is 15.6 Å². The van der Waals surface area contributed by atoms with E-state index < -0.39 is 23.5 Å². The molecule has 0 spiro atoms. The Labute approximate surface area is 206 Å². The van der Waals surface area contributed by atoms with Crippen LogP contribution in [-0.4, -0.2) is 47.3 Å². The highest BCUT2D eigenvalue weighted by atomic mass is 32.1. The van der Waals surface area contributed by atoms with Crippen LogP contribution in [0.25, 0.3) is 10.4 Å². The van der Waals surface area contributed by atoms with Crippen LogP contribution >= 0.6 is 11.3 Å². The molecular weight excluding hydrogens is 454 g/mol. The maximum absolute atomic E-state index is 12.9. The molecule has 0 unspecified atom stereocenters. The van der Waals surface area contributed by atoms with E-state index in [1.54, 1.807) is 34.1 Å². The lowest BCUT2D eigenvalue weighted by Crippen LogP contribution is -2.50. The van der Waals surface area contributed by atoms with Crippen LogP contribution in [0, 0.1) is 5.41 Å². The molecule has 0 radical (unpaired) electrons. The Kier molecular flexibility index (Phi) is 10.0. The van der Waals surface area contributed by atoms with E-state index in [0.29, 0.717) is 24.6 Å². The second-order valence-corrected chi connectivity index (χ2v) is 10.6. The molecule has 188 valence electrons. The molecule has 1 heterocycles. The smallest absolute Gasteiger partial charge is 0.250 e. The van der Waals surface area contributed by atoms with Gasteiger partial charge in [0.25, 0.3) is 0 Å². The molecule has 1 aromatic heterocycles. The maximum Gasteiger partial charge on any atom is 0.250 e. The zero-order valence-electron chi connectivity index (χ0n) is 21.1. The third kappa shape index (κ3) is 7.78. The quantitative estimate of drug-likeness (QED) is 0.430. The number of aromatic nitrogens is 1. The molecule has 1 aromatic carbocycles. The molecule has 8 nitrogen and oxygen atoms in total. The van der Waals surface area contributed by atoms with Crippen molar-refractivity contribution in [1.82, 2.24) is 10.3 Å². The number of methoxy groups -OCH3 is 1. The fourth-order valence-electron chi connectivity index (χ4n) is 3.16. The number of carbonyl (C=O) groups excluding carboxylic acids is 2. The topological polar surface area (TPSA) is 110 Å². The van der Waals surface area contributed by atoms with E-state index in [4.69, 9.17) is 9.47 Å². The van der Waals surface area contributed by atoms with Crippen molar-refractivity contribution >= 4 is 28.3 Å². The van der Waals surface area contributed by atoms with Crippen LogP contribution < -0.4 is 15.4 Å². The first-order valence-corrected chi connectivity index (χ1v) is 12.3. The van der Waals surface area contributed by atoms with E-state index in [9.17, 15) is 14.7 Å². The summed E-state index contributed by atoms with van der Waals surface area (Å²) in [6.07, 6.45) is 1.71. The van der Waals surface area contributed by atoms with Gasteiger partial charge in [-0.05, 0) is 55.0 Å². The largest absolute Gasteiger partial charge is 0.497 e. The van der Waals surface area contributed by atoms with Crippen LogP contribution in [0.15, 0.2) is 24.4 Å². The van der Waals surface area contributed by atoms with E-state index in [1.807, 2.05) is 39.0 Å². The van der Waals surface area contributed by atoms with Crippen molar-refractivity contribution in [1.29, 1.82) is 0 Å². The van der Waals surface area contributed by atoms with Crippen molar-refractivity contribution in [2.45, 2.75) is 79.2 Å². The molecular formula is C25H37N3O5S. The number of hydrogen-bond acceptors (Lipinski definition) is 7. The highest BCUT2D eigenvalue weighted by Crippen LogP contribution is 2.34. The predicted molar refractivity (Wildman–Crippen MR) is 135 cm³/mol. The monoisotopic (exact) mass is 491 g/mol. The van der Waals surface area contributed by atoms with Crippen molar-refractivity contribution < 1.29 is 24.2 Å². The number of nitrogens with one attached hydrogen (secondary N) is 2. The molecule has 2 atom stereocenters. The van der Waals surface area contributed by atoms with Crippen molar-refractivity contribution in [2.24, 2.45) is 5.41 Å². The van der Waals surface area contributed by atoms with Gasteiger partial charge in [0.05, 0.1) is 24.7 Å². The van der Waals surface area contributed by atoms with Crippen LogP contribution in [-0.2, 0) is 20.9 Å². The van der Waals surface area contributed by atoms with Crippen LogP contribution in [0.1, 0.15) is 59.9 Å². The van der Waals surface area contributed by atoms with Crippen molar-refractivity contribution in [3.05, 3.63) is 30.0 Å². The Bertz CT molecular complexity index is 968. The van der Waals surface area contributed by atoms with Gasteiger partial charge in [0, 0.05) is 6.20 Å². The molecule has 3 N–H and O–H groups in total. The average molecular weight is 492 g/mol. The number of rotatable bonds is 11. The highest BCUT2D eigenvalue weighted by Gasteiger charge is 2.32. The summed E-state index contributed by atoms with van der Waals surface area (Å²) in [5.74, 6) is -0.191. The molecule has 9 heteroatoms. The van der Waals surface area contributed by atoms with Gasteiger partial charge in [-0.25, -0.2) is 4.98 Å². The number of amides is 2. The summed E-state index contributed by atoms with van der Waals surface area (Å²) in [6, 6.07) is 4.99. The number of carbonyl (C=O) groups is 2. The van der Waals surface area contributed by atoms with Gasteiger partial charge in [-0.1, -0.05) is 45.5 Å². The van der Waals surface area contributed by atoms with Crippen molar-refractivity contribution in [3.8, 4) is 16.2 Å². The summed E-state index contributed by atoms with van der Waals surface area (Å²) in [5.41, 5.74) is 1.28. The number of nitrogens with zero attached hydrogens (tertiary/aromatic N) is 1. The summed E-state index contributed by atoms with van der Waals surface area (Å²) < 4.78 is 11.1. The van der Waals surface area contributed by atoms with Gasteiger partial charge < -0.3 is 25.2 Å². The van der Waals surface area contributed by atoms with Gasteiger partial charge in [0.1, 0.15) is 17.9 Å². The Morgan fingerprint density at radius 2 is 1.91 bits per heavy atom. The lowest BCUT2D eigenvalue weighted by molar-refractivity contribution is -0.137. The summed E-state index contributed by atoms with van der Waals surface area (Å²) in [7, 11) is 1.62. The van der Waals surface area contributed by atoms with E-state index in [-0.39, 0.29) is 12.0 Å². The first-order valence-electron chi connectivity index (χ1n) is 11.5. The van der Waals surface area contributed by atoms with Crippen LogP contribution in [0.3, 0.4) is 0 Å². The predicted octanol–water partition coefficient (Wildman–Crippen LogP) is 4.37. The van der Waals surface area contributed by atoms with Crippen molar-refractivity contribution in [2.75, 3.05) is 12.4 Å². The van der Waals surface area contributed by atoms with Gasteiger partial charge in [-0.15, -0.1) is 0 Å². The highest BCUT2D eigenvalue weighted by molar-refractivity contribution is 7.19. The summed E-state index contributed by atoms with van der Waals surface area (Å²) in [6.45, 7) is 11.6. The first kappa shape index (κ1) is 27.8. The van der Waals surface area contributed by atoms with Gasteiger partial charge >= 0.3 is 0 Å². The molecule has 2 aromatic rings. The Balaban J connectivity index is 2.18. The molecule has 2 rings (SSSR count). The molecule has 34 heavy (non-hydrogen) atoms. The van der Waals surface area contributed by atoms with Crippen LogP contribution in [0.4, 0.5) is 5.13 Å². The SMILES string of the molecule is CCC[C@H](NC(=O)[C@@H](O)C(C)(C)C)C(=O)Nc1ncc(-c2ccc(OC)cc2COC(C)C)s1. The molecule has 0 aliphatic carbocycles. The number of benzene rings is 1. The fraction of sp³-hybridized carbons (Fsp3) is 0.560. The number of hydrogen-bond donors (Lipinski definition) is 3. The van der Waals surface area contributed by atoms with Gasteiger partial charge in [0.15, 0.2) is 5.13 Å². The summed E-state index contributed by atoms with van der Waals surface area (Å²) in [5, 5.41) is 16.2. The fourth-order valence-corrected chi connectivity index (χ4v) is 4.04. The zero-order valence-corrected chi connectivity index (χ0v) is 21.9. The molecule has 0 aliphatic heterocycles. The van der Waals surface area contributed by atoms with Gasteiger partial charge in [-0.3, -0.25) is 9.59 Å². The molecule has 2 amide bonds. The van der Waals surface area contributed by atoms with Crippen molar-refractivity contribution in [3.63, 3.8) is 0 Å². The summed E-state index contributed by atoms with van der Waals surface area (Å²) in [4.78, 5) is 30.6.